The van der Waals surface area contributed by atoms with Gasteiger partial charge in [0.05, 0.1) is 0 Å². The summed E-state index contributed by atoms with van der Waals surface area (Å²) < 4.78 is 0. The molecule has 0 saturated carbocycles. The van der Waals surface area contributed by atoms with Crippen molar-refractivity contribution in [2.75, 3.05) is 52.4 Å². The summed E-state index contributed by atoms with van der Waals surface area (Å²) in [6.45, 7) is 12.1. The molecule has 0 spiro atoms. The zero-order chi connectivity index (χ0) is 39.1. The Morgan fingerprint density at radius 3 is 1.00 bits per heavy atom. The van der Waals surface area contributed by atoms with E-state index in [0.29, 0.717) is 6.54 Å². The lowest BCUT2D eigenvalue weighted by Crippen LogP contribution is -2.48. The van der Waals surface area contributed by atoms with Crippen LogP contribution in [0, 0.1) is 0 Å². The van der Waals surface area contributed by atoms with Crippen LogP contribution in [0.2, 0.25) is 0 Å². The van der Waals surface area contributed by atoms with Crippen LogP contribution in [0.5, 0.6) is 0 Å². The topological polar surface area (TPSA) is 94.5 Å². The van der Waals surface area contributed by atoms with E-state index in [0.717, 1.165) is 58.7 Å². The summed E-state index contributed by atoms with van der Waals surface area (Å²) in [4.78, 5) is 12.8. The van der Waals surface area contributed by atoms with Crippen LogP contribution >= 0.6 is 0 Å². The number of nitrogens with two attached hydrogens (primary N) is 1. The molecule has 0 unspecified atom stereocenters. The first-order chi connectivity index (χ1) is 26.7. The fourth-order valence-electron chi connectivity index (χ4n) is 7.50. The lowest BCUT2D eigenvalue weighted by Gasteiger charge is -2.23. The van der Waals surface area contributed by atoms with Crippen molar-refractivity contribution in [3.05, 3.63) is 0 Å². The molecule has 0 aromatic rings. The molecule has 0 aliphatic heterocycles. The molecule has 0 rings (SSSR count). The molecule has 7 heteroatoms. The van der Waals surface area contributed by atoms with Crippen molar-refractivity contribution < 1.29 is 4.79 Å². The van der Waals surface area contributed by atoms with Crippen LogP contribution in [0.1, 0.15) is 245 Å². The van der Waals surface area contributed by atoms with Gasteiger partial charge in [-0.05, 0) is 71.2 Å². The third-order valence-electron chi connectivity index (χ3n) is 11.2. The highest BCUT2D eigenvalue weighted by Crippen LogP contribution is 2.15. The number of urea groups is 1. The summed E-state index contributed by atoms with van der Waals surface area (Å²) in [5.41, 5.74) is 8.75. The van der Waals surface area contributed by atoms with Gasteiger partial charge in [-0.2, -0.15) is 0 Å². The van der Waals surface area contributed by atoms with Gasteiger partial charge in [-0.1, -0.05) is 206 Å². The van der Waals surface area contributed by atoms with Crippen molar-refractivity contribution in [2.24, 2.45) is 5.73 Å². The number of nitrogens with zero attached hydrogens (tertiary/aromatic N) is 1. The maximum Gasteiger partial charge on any atom is 0.329 e. The molecular weight excluding hydrogens is 665 g/mol. The highest BCUT2D eigenvalue weighted by Gasteiger charge is 2.09. The molecular formula is C47H100N6O. The molecule has 0 fully saturated rings. The predicted molar refractivity (Wildman–Crippen MR) is 240 cm³/mol. The fraction of sp³-hybridized carbons (Fsp3) is 0.979. The first-order valence-corrected chi connectivity index (χ1v) is 24.7. The van der Waals surface area contributed by atoms with Gasteiger partial charge >= 0.3 is 6.03 Å². The molecule has 0 aliphatic rings. The Morgan fingerprint density at radius 1 is 0.370 bits per heavy atom. The van der Waals surface area contributed by atoms with Crippen LogP contribution < -0.4 is 27.1 Å². The molecule has 6 N–H and O–H groups in total. The van der Waals surface area contributed by atoms with Crippen LogP contribution in [0.4, 0.5) is 4.79 Å². The molecule has 0 bridgehead atoms. The van der Waals surface area contributed by atoms with E-state index in [-0.39, 0.29) is 6.03 Å². The highest BCUT2D eigenvalue weighted by molar-refractivity contribution is 5.73. The van der Waals surface area contributed by atoms with E-state index in [1.54, 1.807) is 0 Å². The van der Waals surface area contributed by atoms with Crippen LogP contribution in [-0.2, 0) is 0 Å². The van der Waals surface area contributed by atoms with Crippen LogP contribution in [-0.4, -0.2) is 63.4 Å². The third kappa shape index (κ3) is 45.5. The van der Waals surface area contributed by atoms with Gasteiger partial charge < -0.3 is 21.7 Å². The number of rotatable bonds is 47. The standard InChI is InChI=1S/C47H100N6O/c1-3-5-7-9-11-13-15-17-19-21-23-25-27-29-31-35-45-53(52-47(54)51-44-38-43-50-41-34-33-40-49-42-37-39-48)46-36-32-30-28-26-24-22-20-18-16-14-12-10-8-6-4-2/h49-50H,3-46,48H2,1-2H3,(H2,51,52,54). The normalized spacial score (nSPS) is 11.6. The summed E-state index contributed by atoms with van der Waals surface area (Å²) in [7, 11) is 0. The van der Waals surface area contributed by atoms with Crippen LogP contribution in [0.3, 0.4) is 0 Å². The van der Waals surface area contributed by atoms with Crippen molar-refractivity contribution >= 4 is 6.03 Å². The van der Waals surface area contributed by atoms with Crippen molar-refractivity contribution in [1.82, 2.24) is 26.4 Å². The Hall–Kier alpha value is -0.890. The van der Waals surface area contributed by atoms with E-state index in [2.05, 4.69) is 40.2 Å². The first kappa shape index (κ1) is 53.1. The Balaban J connectivity index is 4.06. The van der Waals surface area contributed by atoms with Crippen molar-refractivity contribution in [1.29, 1.82) is 0 Å². The second-order valence-electron chi connectivity index (χ2n) is 16.7. The Labute approximate surface area is 339 Å². The number of carbonyl (C=O) groups is 1. The number of unbranched alkanes of at least 4 members (excludes halogenated alkanes) is 31. The highest BCUT2D eigenvalue weighted by atomic mass is 16.2. The van der Waals surface area contributed by atoms with Gasteiger partial charge in [0, 0.05) is 19.6 Å². The number of hydrogen-bond acceptors (Lipinski definition) is 5. The molecule has 0 radical (unpaired) electrons. The smallest absolute Gasteiger partial charge is 0.329 e. The minimum absolute atomic E-state index is 0.0356. The maximum absolute atomic E-state index is 12.8. The summed E-state index contributed by atoms with van der Waals surface area (Å²) in [5.74, 6) is 0. The number of hydrogen-bond donors (Lipinski definition) is 5. The van der Waals surface area contributed by atoms with E-state index in [1.807, 2.05) is 0 Å². The minimum atomic E-state index is -0.0356. The number of hydrazine groups is 1. The number of amides is 2. The summed E-state index contributed by atoms with van der Waals surface area (Å²) >= 11 is 0. The van der Waals surface area contributed by atoms with Gasteiger partial charge in [0.15, 0.2) is 0 Å². The second-order valence-corrected chi connectivity index (χ2v) is 16.7. The van der Waals surface area contributed by atoms with Gasteiger partial charge in [0.25, 0.3) is 0 Å². The van der Waals surface area contributed by atoms with Crippen molar-refractivity contribution in [2.45, 2.75) is 245 Å². The van der Waals surface area contributed by atoms with Crippen molar-refractivity contribution in [3.8, 4) is 0 Å². The van der Waals surface area contributed by atoms with Gasteiger partial charge in [-0.25, -0.2) is 9.80 Å². The maximum atomic E-state index is 12.8. The van der Waals surface area contributed by atoms with E-state index >= 15 is 0 Å². The van der Waals surface area contributed by atoms with Gasteiger partial charge in [-0.3, -0.25) is 5.43 Å². The average Bonchev–Trinajstić information content (AvgIpc) is 3.17. The van der Waals surface area contributed by atoms with Crippen LogP contribution in [0.25, 0.3) is 0 Å². The number of nitrogens with one attached hydrogen (secondary N) is 4. The largest absolute Gasteiger partial charge is 0.337 e. The molecule has 0 aromatic heterocycles. The molecule has 0 atom stereocenters. The van der Waals surface area contributed by atoms with E-state index in [4.69, 9.17) is 5.73 Å². The molecule has 0 heterocycles. The second kappa shape index (κ2) is 48.3. The lowest BCUT2D eigenvalue weighted by molar-refractivity contribution is 0.171. The molecule has 0 aromatic carbocycles. The fourth-order valence-corrected chi connectivity index (χ4v) is 7.50. The zero-order valence-corrected chi connectivity index (χ0v) is 37.0. The minimum Gasteiger partial charge on any atom is -0.337 e. The molecule has 2 amide bonds. The quantitative estimate of drug-likeness (QED) is 0.0314. The predicted octanol–water partition coefficient (Wildman–Crippen LogP) is 12.7. The van der Waals surface area contributed by atoms with Gasteiger partial charge in [-0.15, -0.1) is 0 Å². The summed E-state index contributed by atoms with van der Waals surface area (Å²) in [5, 5.41) is 12.3. The Kier molecular flexibility index (Phi) is 47.5. The zero-order valence-electron chi connectivity index (χ0n) is 37.0. The molecule has 54 heavy (non-hydrogen) atoms. The molecule has 0 aliphatic carbocycles. The van der Waals surface area contributed by atoms with Crippen molar-refractivity contribution in [3.63, 3.8) is 0 Å². The third-order valence-corrected chi connectivity index (χ3v) is 11.2. The first-order valence-electron chi connectivity index (χ1n) is 24.7. The average molecular weight is 765 g/mol. The lowest BCUT2D eigenvalue weighted by atomic mass is 10.0. The SMILES string of the molecule is CCCCCCCCCCCCCCCCCCN(CCCCCCCCCCCCCCCCCC)NC(=O)NCCCNCCCCNCCCN. The summed E-state index contributed by atoms with van der Waals surface area (Å²) in [6, 6.07) is -0.0356. The molecule has 324 valence electrons. The Morgan fingerprint density at radius 2 is 0.667 bits per heavy atom. The van der Waals surface area contributed by atoms with E-state index in [1.165, 1.54) is 218 Å². The molecule has 0 saturated heterocycles. The van der Waals surface area contributed by atoms with Gasteiger partial charge in [0.2, 0.25) is 0 Å². The summed E-state index contributed by atoms with van der Waals surface area (Å²) in [6.07, 6.45) is 48.8. The number of carbonyl (C=O) groups excluding carboxylic acids is 1. The van der Waals surface area contributed by atoms with Crippen LogP contribution in [0.15, 0.2) is 0 Å². The van der Waals surface area contributed by atoms with Gasteiger partial charge in [0.1, 0.15) is 0 Å². The Bertz CT molecular complexity index is 659. The molecule has 7 nitrogen and oxygen atoms in total. The van der Waals surface area contributed by atoms with E-state index in [9.17, 15) is 4.79 Å². The monoisotopic (exact) mass is 765 g/mol. The van der Waals surface area contributed by atoms with E-state index < -0.39 is 0 Å².